The van der Waals surface area contributed by atoms with Crippen LogP contribution in [0.3, 0.4) is 0 Å². The second-order valence-corrected chi connectivity index (χ2v) is 5.36. The van der Waals surface area contributed by atoms with E-state index in [1.165, 1.54) is 50.9 Å². The molecule has 2 heteroatoms. The van der Waals surface area contributed by atoms with E-state index < -0.39 is 0 Å². The second-order valence-electron chi connectivity index (χ2n) is 5.36. The summed E-state index contributed by atoms with van der Waals surface area (Å²) in [6, 6.07) is 10.5. The highest BCUT2D eigenvalue weighted by molar-refractivity contribution is 5.41. The molecule has 1 saturated carbocycles. The van der Waals surface area contributed by atoms with Crippen LogP contribution < -0.4 is 5.43 Å². The van der Waals surface area contributed by atoms with E-state index in [1.54, 1.807) is 0 Å². The summed E-state index contributed by atoms with van der Waals surface area (Å²) in [5, 5.41) is 2.40. The van der Waals surface area contributed by atoms with Crippen molar-refractivity contribution in [1.82, 2.24) is 5.01 Å². The molecular formula is C14H20N2. The molecule has 1 aliphatic heterocycles. The highest BCUT2D eigenvalue weighted by Gasteiger charge is 2.40. The van der Waals surface area contributed by atoms with Gasteiger partial charge in [-0.2, -0.15) is 0 Å². The summed E-state index contributed by atoms with van der Waals surface area (Å²) in [7, 11) is 0. The number of rotatable bonds is 2. The zero-order chi connectivity index (χ0) is 10.8. The summed E-state index contributed by atoms with van der Waals surface area (Å²) in [6.07, 6.45) is 7.16. The van der Waals surface area contributed by atoms with Crippen molar-refractivity contribution in [3.8, 4) is 0 Å². The van der Waals surface area contributed by atoms with E-state index in [2.05, 4.69) is 40.8 Å². The van der Waals surface area contributed by atoms with Crippen molar-refractivity contribution in [2.75, 3.05) is 18.5 Å². The normalized spacial score (nSPS) is 24.0. The Hall–Kier alpha value is -1.02. The first kappa shape index (κ1) is 10.2. The summed E-state index contributed by atoms with van der Waals surface area (Å²) >= 11 is 0. The molecule has 1 aromatic carbocycles. The van der Waals surface area contributed by atoms with E-state index in [0.717, 1.165) is 0 Å². The zero-order valence-corrected chi connectivity index (χ0v) is 9.78. The van der Waals surface area contributed by atoms with E-state index in [9.17, 15) is 0 Å². The molecule has 1 saturated heterocycles. The smallest absolute Gasteiger partial charge is 0.0490 e. The Morgan fingerprint density at radius 1 is 1.00 bits per heavy atom. The minimum absolute atomic E-state index is 0.655. The maximum Gasteiger partial charge on any atom is 0.0490 e. The van der Waals surface area contributed by atoms with Crippen molar-refractivity contribution in [2.45, 2.75) is 32.1 Å². The van der Waals surface area contributed by atoms with Gasteiger partial charge in [-0.25, -0.2) is 5.01 Å². The lowest BCUT2D eigenvalue weighted by atomic mass is 9.86. The summed E-state index contributed by atoms with van der Waals surface area (Å²) in [5.41, 5.74) is 5.40. The molecular weight excluding hydrogens is 196 g/mol. The van der Waals surface area contributed by atoms with E-state index in [4.69, 9.17) is 0 Å². The monoisotopic (exact) mass is 216 g/mol. The Morgan fingerprint density at radius 3 is 2.50 bits per heavy atom. The van der Waals surface area contributed by atoms with Gasteiger partial charge in [0.25, 0.3) is 0 Å². The van der Waals surface area contributed by atoms with Gasteiger partial charge in [0.2, 0.25) is 0 Å². The van der Waals surface area contributed by atoms with E-state index >= 15 is 0 Å². The first-order valence-corrected chi connectivity index (χ1v) is 6.43. The third kappa shape index (κ3) is 1.94. The number of benzene rings is 1. The van der Waals surface area contributed by atoms with Crippen LogP contribution >= 0.6 is 0 Å². The van der Waals surface area contributed by atoms with Gasteiger partial charge in [-0.15, -0.1) is 0 Å². The van der Waals surface area contributed by atoms with Crippen LogP contribution in [0.2, 0.25) is 0 Å². The molecule has 1 spiro atoms. The first-order chi connectivity index (χ1) is 7.86. The van der Waals surface area contributed by atoms with E-state index in [0.29, 0.717) is 5.41 Å². The second kappa shape index (κ2) is 4.10. The lowest BCUT2D eigenvalue weighted by molar-refractivity contribution is 0.288. The van der Waals surface area contributed by atoms with Crippen molar-refractivity contribution >= 4 is 5.69 Å². The number of hydrogen-bond acceptors (Lipinski definition) is 2. The molecule has 1 aromatic rings. The maximum atomic E-state index is 3.53. The number of anilines is 1. The zero-order valence-electron chi connectivity index (χ0n) is 9.78. The van der Waals surface area contributed by atoms with E-state index in [1.807, 2.05) is 0 Å². The average molecular weight is 216 g/mol. The molecule has 0 bridgehead atoms. The molecule has 3 rings (SSSR count). The Bertz CT molecular complexity index is 341. The van der Waals surface area contributed by atoms with Gasteiger partial charge in [-0.05, 0) is 36.8 Å². The van der Waals surface area contributed by atoms with E-state index in [-0.39, 0.29) is 0 Å². The average Bonchev–Trinajstić information content (AvgIpc) is 2.92. The standard InChI is InChI=1S/C14H20N2/c1-2-6-13(7-3-1)15-16-11-10-14(12-16)8-4-5-9-14/h1-3,6-7,15H,4-5,8-12H2. The fourth-order valence-electron chi connectivity index (χ4n) is 3.26. The third-order valence-corrected chi connectivity index (χ3v) is 4.16. The lowest BCUT2D eigenvalue weighted by Crippen LogP contribution is -2.30. The molecule has 0 radical (unpaired) electrons. The van der Waals surface area contributed by atoms with Gasteiger partial charge in [0, 0.05) is 18.8 Å². The number of para-hydroxylation sites is 1. The summed E-state index contributed by atoms with van der Waals surface area (Å²) in [4.78, 5) is 0. The van der Waals surface area contributed by atoms with Crippen molar-refractivity contribution in [2.24, 2.45) is 5.41 Å². The quantitative estimate of drug-likeness (QED) is 0.816. The van der Waals surface area contributed by atoms with Gasteiger partial charge in [0.1, 0.15) is 0 Å². The SMILES string of the molecule is c1ccc(NN2CCC3(CCCC3)C2)cc1. The molecule has 86 valence electrons. The van der Waals surface area contributed by atoms with Crippen LogP contribution in [0, 0.1) is 5.41 Å². The van der Waals surface area contributed by atoms with Crippen molar-refractivity contribution in [3.05, 3.63) is 30.3 Å². The van der Waals surface area contributed by atoms with Gasteiger partial charge >= 0.3 is 0 Å². The molecule has 1 heterocycles. The van der Waals surface area contributed by atoms with Gasteiger partial charge in [-0.1, -0.05) is 31.0 Å². The number of hydrogen-bond donors (Lipinski definition) is 1. The topological polar surface area (TPSA) is 15.3 Å². The van der Waals surface area contributed by atoms with Crippen LogP contribution in [0.25, 0.3) is 0 Å². The molecule has 0 aromatic heterocycles. The molecule has 0 amide bonds. The lowest BCUT2D eigenvalue weighted by Gasteiger charge is -2.24. The van der Waals surface area contributed by atoms with Gasteiger partial charge in [-0.3, -0.25) is 0 Å². The number of nitrogens with zero attached hydrogens (tertiary/aromatic N) is 1. The Balaban J connectivity index is 1.62. The highest BCUT2D eigenvalue weighted by atomic mass is 15.5. The number of hydrazine groups is 1. The van der Waals surface area contributed by atoms with Crippen molar-refractivity contribution in [1.29, 1.82) is 0 Å². The predicted molar refractivity (Wildman–Crippen MR) is 67.2 cm³/mol. The van der Waals surface area contributed by atoms with Crippen LogP contribution in [-0.4, -0.2) is 18.1 Å². The van der Waals surface area contributed by atoms with Crippen LogP contribution in [-0.2, 0) is 0 Å². The fourth-order valence-corrected chi connectivity index (χ4v) is 3.26. The van der Waals surface area contributed by atoms with Crippen molar-refractivity contribution in [3.63, 3.8) is 0 Å². The molecule has 2 fully saturated rings. The van der Waals surface area contributed by atoms with Gasteiger partial charge < -0.3 is 5.43 Å². The molecule has 0 atom stereocenters. The number of nitrogens with one attached hydrogen (secondary N) is 1. The Morgan fingerprint density at radius 2 is 1.75 bits per heavy atom. The molecule has 2 nitrogen and oxygen atoms in total. The van der Waals surface area contributed by atoms with Crippen LogP contribution in [0.4, 0.5) is 5.69 Å². The molecule has 1 aliphatic carbocycles. The molecule has 1 N–H and O–H groups in total. The predicted octanol–water partition coefficient (Wildman–Crippen LogP) is 3.28. The summed E-state index contributed by atoms with van der Waals surface area (Å²) in [6.45, 7) is 2.44. The summed E-state index contributed by atoms with van der Waals surface area (Å²) in [5.74, 6) is 0. The largest absolute Gasteiger partial charge is 0.319 e. The molecule has 16 heavy (non-hydrogen) atoms. The fraction of sp³-hybridized carbons (Fsp3) is 0.571. The summed E-state index contributed by atoms with van der Waals surface area (Å²) < 4.78 is 0. The third-order valence-electron chi connectivity index (χ3n) is 4.16. The van der Waals surface area contributed by atoms with Gasteiger partial charge in [0.05, 0.1) is 0 Å². The molecule has 0 unspecified atom stereocenters. The Kier molecular flexibility index (Phi) is 2.60. The van der Waals surface area contributed by atoms with Crippen LogP contribution in [0.5, 0.6) is 0 Å². The first-order valence-electron chi connectivity index (χ1n) is 6.43. The van der Waals surface area contributed by atoms with Crippen LogP contribution in [0.15, 0.2) is 30.3 Å². The van der Waals surface area contributed by atoms with Gasteiger partial charge in [0.15, 0.2) is 0 Å². The maximum absolute atomic E-state index is 3.53. The Labute approximate surface area is 97.6 Å². The van der Waals surface area contributed by atoms with Crippen molar-refractivity contribution < 1.29 is 0 Å². The highest BCUT2D eigenvalue weighted by Crippen LogP contribution is 2.45. The van der Waals surface area contributed by atoms with Crippen LogP contribution in [0.1, 0.15) is 32.1 Å². The minimum atomic E-state index is 0.655. The minimum Gasteiger partial charge on any atom is -0.319 e. The molecule has 2 aliphatic rings.